The minimum atomic E-state index is -0.186. The molecule has 1 aromatic rings. The van der Waals surface area contributed by atoms with Crippen LogP contribution in [0, 0.1) is 0 Å². The van der Waals surface area contributed by atoms with Crippen LogP contribution >= 0.6 is 0 Å². The molecule has 0 radical (unpaired) electrons. The van der Waals surface area contributed by atoms with Gasteiger partial charge in [0, 0.05) is 11.6 Å². The maximum absolute atomic E-state index is 9.31. The predicted octanol–water partition coefficient (Wildman–Crippen LogP) is 1.98. The van der Waals surface area contributed by atoms with Gasteiger partial charge in [0.05, 0.1) is 7.11 Å². The molecular formula is C11H15NO2. The third-order valence-corrected chi connectivity index (χ3v) is 2.03. The lowest BCUT2D eigenvalue weighted by molar-refractivity contribution is 0.402. The molecule has 0 bridgehead atoms. The first-order valence-corrected chi connectivity index (χ1v) is 4.42. The molecule has 0 aromatic heterocycles. The van der Waals surface area contributed by atoms with Gasteiger partial charge in [-0.15, -0.1) is 6.58 Å². The van der Waals surface area contributed by atoms with E-state index in [4.69, 9.17) is 10.5 Å². The molecule has 0 aliphatic heterocycles. The number of hydrogen-bond acceptors (Lipinski definition) is 3. The Labute approximate surface area is 83.8 Å². The highest BCUT2D eigenvalue weighted by molar-refractivity contribution is 5.41. The third kappa shape index (κ3) is 2.26. The average molecular weight is 193 g/mol. The summed E-state index contributed by atoms with van der Waals surface area (Å²) in [7, 11) is 1.58. The van der Waals surface area contributed by atoms with Crippen LogP contribution in [-0.2, 0) is 0 Å². The highest BCUT2D eigenvalue weighted by atomic mass is 16.5. The third-order valence-electron chi connectivity index (χ3n) is 2.03. The van der Waals surface area contributed by atoms with E-state index in [1.807, 2.05) is 0 Å². The van der Waals surface area contributed by atoms with E-state index >= 15 is 0 Å². The van der Waals surface area contributed by atoms with Crippen LogP contribution in [0.25, 0.3) is 0 Å². The van der Waals surface area contributed by atoms with Crippen molar-refractivity contribution in [2.24, 2.45) is 5.73 Å². The molecule has 76 valence electrons. The van der Waals surface area contributed by atoms with Crippen molar-refractivity contribution in [3.8, 4) is 11.5 Å². The standard InChI is InChI=1S/C11H15NO2/c1-3-4-10(12)9-7-8(13)5-6-11(9)14-2/h3,5-7,10,13H,1,4,12H2,2H3/t10-/m1/s1. The number of benzene rings is 1. The van der Waals surface area contributed by atoms with Gasteiger partial charge in [-0.25, -0.2) is 0 Å². The highest BCUT2D eigenvalue weighted by Crippen LogP contribution is 2.29. The molecule has 1 rings (SSSR count). The molecule has 3 N–H and O–H groups in total. The van der Waals surface area contributed by atoms with Crippen LogP contribution in [0.15, 0.2) is 30.9 Å². The second-order valence-corrected chi connectivity index (χ2v) is 3.06. The van der Waals surface area contributed by atoms with Gasteiger partial charge in [-0.3, -0.25) is 0 Å². The van der Waals surface area contributed by atoms with Crippen LogP contribution in [0.1, 0.15) is 18.0 Å². The Kier molecular flexibility index (Phi) is 3.54. The van der Waals surface area contributed by atoms with Gasteiger partial charge in [0.2, 0.25) is 0 Å². The Morgan fingerprint density at radius 1 is 1.64 bits per heavy atom. The summed E-state index contributed by atoms with van der Waals surface area (Å²) in [6.45, 7) is 3.62. The fraction of sp³-hybridized carbons (Fsp3) is 0.273. The minimum Gasteiger partial charge on any atom is -0.508 e. The number of ether oxygens (including phenoxy) is 1. The van der Waals surface area contributed by atoms with Crippen LogP contribution in [0.3, 0.4) is 0 Å². The summed E-state index contributed by atoms with van der Waals surface area (Å²) < 4.78 is 5.14. The second-order valence-electron chi connectivity index (χ2n) is 3.06. The van der Waals surface area contributed by atoms with E-state index in [1.165, 1.54) is 0 Å². The number of nitrogens with two attached hydrogens (primary N) is 1. The van der Waals surface area contributed by atoms with Crippen molar-refractivity contribution in [3.05, 3.63) is 36.4 Å². The molecule has 0 saturated carbocycles. The maximum Gasteiger partial charge on any atom is 0.123 e. The molecule has 0 aliphatic carbocycles. The smallest absolute Gasteiger partial charge is 0.123 e. The minimum absolute atomic E-state index is 0.186. The first-order chi connectivity index (χ1) is 6.69. The first-order valence-electron chi connectivity index (χ1n) is 4.42. The molecule has 3 nitrogen and oxygen atoms in total. The van der Waals surface area contributed by atoms with E-state index in [1.54, 1.807) is 31.4 Å². The van der Waals surface area contributed by atoms with Crippen molar-refractivity contribution in [1.82, 2.24) is 0 Å². The van der Waals surface area contributed by atoms with Crippen LogP contribution in [-0.4, -0.2) is 12.2 Å². The van der Waals surface area contributed by atoms with E-state index in [-0.39, 0.29) is 11.8 Å². The number of phenolic OH excluding ortho intramolecular Hbond substituents is 1. The topological polar surface area (TPSA) is 55.5 Å². The van der Waals surface area contributed by atoms with Crippen LogP contribution < -0.4 is 10.5 Å². The zero-order chi connectivity index (χ0) is 10.6. The molecule has 0 heterocycles. The van der Waals surface area contributed by atoms with Crippen molar-refractivity contribution >= 4 is 0 Å². The SMILES string of the molecule is C=CC[C@@H](N)c1cc(O)ccc1OC. The number of methoxy groups -OCH3 is 1. The number of hydrogen-bond donors (Lipinski definition) is 2. The quantitative estimate of drug-likeness (QED) is 0.719. The molecular weight excluding hydrogens is 178 g/mol. The predicted molar refractivity (Wildman–Crippen MR) is 56.4 cm³/mol. The Morgan fingerprint density at radius 2 is 2.36 bits per heavy atom. The monoisotopic (exact) mass is 193 g/mol. The molecule has 3 heteroatoms. The molecule has 0 aliphatic rings. The largest absolute Gasteiger partial charge is 0.508 e. The first kappa shape index (κ1) is 10.6. The van der Waals surface area contributed by atoms with Crippen molar-refractivity contribution < 1.29 is 9.84 Å². The van der Waals surface area contributed by atoms with Crippen molar-refractivity contribution in [1.29, 1.82) is 0 Å². The highest BCUT2D eigenvalue weighted by Gasteiger charge is 2.10. The van der Waals surface area contributed by atoms with E-state index in [2.05, 4.69) is 6.58 Å². The van der Waals surface area contributed by atoms with E-state index in [0.717, 1.165) is 5.56 Å². The van der Waals surface area contributed by atoms with Gasteiger partial charge in [0.25, 0.3) is 0 Å². The summed E-state index contributed by atoms with van der Waals surface area (Å²) in [5.41, 5.74) is 6.69. The molecule has 0 spiro atoms. The molecule has 0 unspecified atom stereocenters. The molecule has 14 heavy (non-hydrogen) atoms. The average Bonchev–Trinajstić information content (AvgIpc) is 2.18. The molecule has 1 atom stereocenters. The van der Waals surface area contributed by atoms with Gasteiger partial charge in [0.1, 0.15) is 11.5 Å². The van der Waals surface area contributed by atoms with Gasteiger partial charge in [-0.1, -0.05) is 6.08 Å². The normalized spacial score (nSPS) is 12.1. The van der Waals surface area contributed by atoms with Gasteiger partial charge >= 0.3 is 0 Å². The molecule has 0 amide bonds. The van der Waals surface area contributed by atoms with Gasteiger partial charge < -0.3 is 15.6 Å². The van der Waals surface area contributed by atoms with Crippen LogP contribution in [0.2, 0.25) is 0 Å². The fourth-order valence-corrected chi connectivity index (χ4v) is 1.32. The maximum atomic E-state index is 9.31. The van der Waals surface area contributed by atoms with Crippen molar-refractivity contribution in [3.63, 3.8) is 0 Å². The van der Waals surface area contributed by atoms with E-state index in [9.17, 15) is 5.11 Å². The summed E-state index contributed by atoms with van der Waals surface area (Å²) in [4.78, 5) is 0. The van der Waals surface area contributed by atoms with E-state index in [0.29, 0.717) is 12.2 Å². The zero-order valence-corrected chi connectivity index (χ0v) is 8.23. The molecule has 1 aromatic carbocycles. The summed E-state index contributed by atoms with van der Waals surface area (Å²) in [6, 6.07) is 4.71. The lowest BCUT2D eigenvalue weighted by atomic mass is 10.0. The Bertz CT molecular complexity index is 323. The van der Waals surface area contributed by atoms with Crippen LogP contribution in [0.5, 0.6) is 11.5 Å². The summed E-state index contributed by atoms with van der Waals surface area (Å²) in [5.74, 6) is 0.887. The molecule has 0 saturated heterocycles. The van der Waals surface area contributed by atoms with Crippen molar-refractivity contribution in [2.75, 3.05) is 7.11 Å². The second kappa shape index (κ2) is 4.67. The van der Waals surface area contributed by atoms with Gasteiger partial charge in [0.15, 0.2) is 0 Å². The van der Waals surface area contributed by atoms with Gasteiger partial charge in [-0.05, 0) is 24.6 Å². The summed E-state index contributed by atoms with van der Waals surface area (Å²) >= 11 is 0. The lowest BCUT2D eigenvalue weighted by Crippen LogP contribution is -2.10. The Morgan fingerprint density at radius 3 is 2.93 bits per heavy atom. The van der Waals surface area contributed by atoms with E-state index < -0.39 is 0 Å². The number of aromatic hydroxyl groups is 1. The fourth-order valence-electron chi connectivity index (χ4n) is 1.32. The van der Waals surface area contributed by atoms with Crippen LogP contribution in [0.4, 0.5) is 0 Å². The Hall–Kier alpha value is -1.48. The number of rotatable bonds is 4. The van der Waals surface area contributed by atoms with Gasteiger partial charge in [-0.2, -0.15) is 0 Å². The summed E-state index contributed by atoms with van der Waals surface area (Å²) in [5, 5.41) is 9.31. The summed E-state index contributed by atoms with van der Waals surface area (Å²) in [6.07, 6.45) is 2.40. The van der Waals surface area contributed by atoms with Crippen molar-refractivity contribution in [2.45, 2.75) is 12.5 Å². The Balaban J connectivity index is 3.02. The molecule has 0 fully saturated rings. The number of phenols is 1. The lowest BCUT2D eigenvalue weighted by Gasteiger charge is -2.14. The zero-order valence-electron chi connectivity index (χ0n) is 8.23.